The summed E-state index contributed by atoms with van der Waals surface area (Å²) in [5.41, 5.74) is 0.530. The number of carbonyl (C=O) groups is 1. The van der Waals surface area contributed by atoms with Gasteiger partial charge in [-0.1, -0.05) is 0 Å². The first kappa shape index (κ1) is 13.0. The Bertz CT molecular complexity index is 465. The summed E-state index contributed by atoms with van der Waals surface area (Å²) in [5, 5.41) is 17.4. The molecule has 0 saturated carbocycles. The summed E-state index contributed by atoms with van der Waals surface area (Å²) in [6.07, 6.45) is 0. The van der Waals surface area contributed by atoms with Crippen LogP contribution in [0.3, 0.4) is 0 Å². The average Bonchev–Trinajstić information content (AvgIpc) is 2.76. The molecule has 0 unspecified atom stereocenters. The van der Waals surface area contributed by atoms with Gasteiger partial charge < -0.3 is 10.6 Å². The van der Waals surface area contributed by atoms with Crippen LogP contribution in [-0.4, -0.2) is 43.0 Å². The third-order valence-electron chi connectivity index (χ3n) is 2.86. The van der Waals surface area contributed by atoms with Crippen molar-refractivity contribution in [3.05, 3.63) is 17.0 Å². The molecule has 1 aromatic heterocycles. The maximum Gasteiger partial charge on any atom is 0.239 e. The van der Waals surface area contributed by atoms with E-state index in [1.165, 1.54) is 11.3 Å². The molecule has 0 bridgehead atoms. The fourth-order valence-electron chi connectivity index (χ4n) is 2.02. The molecule has 1 saturated heterocycles. The van der Waals surface area contributed by atoms with Gasteiger partial charge in [0.15, 0.2) is 0 Å². The molecule has 1 aliphatic heterocycles. The van der Waals surface area contributed by atoms with Gasteiger partial charge >= 0.3 is 0 Å². The van der Waals surface area contributed by atoms with Crippen LogP contribution in [0.4, 0.5) is 5.00 Å². The summed E-state index contributed by atoms with van der Waals surface area (Å²) < 4.78 is 0. The molecule has 1 aliphatic rings. The molecule has 5 nitrogen and oxygen atoms in total. The highest BCUT2D eigenvalue weighted by Gasteiger charge is 2.18. The van der Waals surface area contributed by atoms with Gasteiger partial charge in [0.2, 0.25) is 5.91 Å². The second kappa shape index (κ2) is 5.96. The van der Waals surface area contributed by atoms with Crippen molar-refractivity contribution in [2.45, 2.75) is 13.0 Å². The molecule has 6 heteroatoms. The van der Waals surface area contributed by atoms with Crippen LogP contribution in [0.1, 0.15) is 12.5 Å². The summed E-state index contributed by atoms with van der Waals surface area (Å²) >= 11 is 1.38. The molecule has 1 fully saturated rings. The molecule has 1 atom stereocenters. The van der Waals surface area contributed by atoms with Gasteiger partial charge in [0.1, 0.15) is 11.1 Å². The van der Waals surface area contributed by atoms with Gasteiger partial charge in [0.25, 0.3) is 0 Å². The monoisotopic (exact) mass is 264 g/mol. The van der Waals surface area contributed by atoms with E-state index >= 15 is 0 Å². The number of nitriles is 1. The molecule has 2 heterocycles. The summed E-state index contributed by atoms with van der Waals surface area (Å²) in [6.45, 7) is 5.17. The van der Waals surface area contributed by atoms with E-state index in [2.05, 4.69) is 28.5 Å². The summed E-state index contributed by atoms with van der Waals surface area (Å²) in [5.74, 6) is -0.0527. The number of hydrogen-bond donors (Lipinski definition) is 2. The number of hydrogen-bond acceptors (Lipinski definition) is 5. The van der Waals surface area contributed by atoms with E-state index in [4.69, 9.17) is 5.26 Å². The number of nitrogens with zero attached hydrogens (tertiary/aromatic N) is 2. The Labute approximate surface area is 110 Å². The third-order valence-corrected chi connectivity index (χ3v) is 3.69. The number of carbonyl (C=O) groups excluding carboxylic acids is 1. The number of thiophene rings is 1. The zero-order valence-electron chi connectivity index (χ0n) is 10.3. The summed E-state index contributed by atoms with van der Waals surface area (Å²) in [6, 6.07) is 4.20. The van der Waals surface area contributed by atoms with Crippen LogP contribution in [0, 0.1) is 11.3 Å². The molecular weight excluding hydrogens is 248 g/mol. The second-order valence-corrected chi connectivity index (χ2v) is 5.33. The molecule has 18 heavy (non-hydrogen) atoms. The van der Waals surface area contributed by atoms with Crippen molar-refractivity contribution >= 4 is 22.2 Å². The lowest BCUT2D eigenvalue weighted by molar-refractivity contribution is -0.117. The molecule has 0 radical (unpaired) electrons. The lowest BCUT2D eigenvalue weighted by atomic mass is 10.2. The smallest absolute Gasteiger partial charge is 0.239 e. The zero-order chi connectivity index (χ0) is 13.0. The topological polar surface area (TPSA) is 68.2 Å². The zero-order valence-corrected chi connectivity index (χ0v) is 11.1. The predicted octanol–water partition coefficient (Wildman–Crippen LogP) is 0.852. The average molecular weight is 264 g/mol. The Hall–Kier alpha value is -1.42. The number of amides is 1. The van der Waals surface area contributed by atoms with Crippen molar-refractivity contribution in [3.63, 3.8) is 0 Å². The van der Waals surface area contributed by atoms with Gasteiger partial charge in [0, 0.05) is 25.7 Å². The number of nitrogens with one attached hydrogen (secondary N) is 2. The van der Waals surface area contributed by atoms with Crippen molar-refractivity contribution in [1.82, 2.24) is 10.2 Å². The predicted molar refractivity (Wildman–Crippen MR) is 71.6 cm³/mol. The van der Waals surface area contributed by atoms with Crippen molar-refractivity contribution in [3.8, 4) is 6.07 Å². The lowest BCUT2D eigenvalue weighted by Crippen LogP contribution is -2.51. The van der Waals surface area contributed by atoms with Crippen molar-refractivity contribution in [2.75, 3.05) is 31.5 Å². The third kappa shape index (κ3) is 3.29. The summed E-state index contributed by atoms with van der Waals surface area (Å²) in [7, 11) is 0. The van der Waals surface area contributed by atoms with Gasteiger partial charge in [-0.2, -0.15) is 5.26 Å². The van der Waals surface area contributed by atoms with E-state index < -0.39 is 0 Å². The van der Waals surface area contributed by atoms with E-state index in [-0.39, 0.29) is 5.91 Å². The first-order valence-corrected chi connectivity index (χ1v) is 6.80. The SMILES string of the molecule is C[C@H]1CN(CC(=O)Nc2sccc2C#N)CCN1. The van der Waals surface area contributed by atoms with Crippen molar-refractivity contribution in [1.29, 1.82) is 5.26 Å². The minimum absolute atomic E-state index is 0.0527. The van der Waals surface area contributed by atoms with Crippen molar-refractivity contribution < 1.29 is 4.79 Å². The Morgan fingerprint density at radius 2 is 2.61 bits per heavy atom. The van der Waals surface area contributed by atoms with E-state index in [0.29, 0.717) is 23.2 Å². The van der Waals surface area contributed by atoms with Gasteiger partial charge in [0.05, 0.1) is 12.1 Å². The van der Waals surface area contributed by atoms with Crippen LogP contribution in [-0.2, 0) is 4.79 Å². The van der Waals surface area contributed by atoms with Gasteiger partial charge in [-0.25, -0.2) is 0 Å². The fourth-order valence-corrected chi connectivity index (χ4v) is 2.77. The number of piperazine rings is 1. The van der Waals surface area contributed by atoms with Gasteiger partial charge in [-0.3, -0.25) is 9.69 Å². The highest BCUT2D eigenvalue weighted by molar-refractivity contribution is 7.14. The first-order chi connectivity index (χ1) is 8.69. The lowest BCUT2D eigenvalue weighted by Gasteiger charge is -2.31. The van der Waals surface area contributed by atoms with Crippen LogP contribution >= 0.6 is 11.3 Å². The first-order valence-electron chi connectivity index (χ1n) is 5.92. The molecule has 1 aromatic rings. The maximum absolute atomic E-state index is 11.9. The van der Waals surface area contributed by atoms with E-state index in [1.807, 2.05) is 0 Å². The Kier molecular flexibility index (Phi) is 4.31. The van der Waals surface area contributed by atoms with Crippen LogP contribution in [0.5, 0.6) is 0 Å². The number of anilines is 1. The molecular formula is C12H16N4OS. The van der Waals surface area contributed by atoms with Crippen LogP contribution in [0.25, 0.3) is 0 Å². The molecule has 1 amide bonds. The number of rotatable bonds is 3. The van der Waals surface area contributed by atoms with E-state index in [1.54, 1.807) is 11.4 Å². The quantitative estimate of drug-likeness (QED) is 0.849. The minimum atomic E-state index is -0.0527. The molecule has 0 aliphatic carbocycles. The Morgan fingerprint density at radius 1 is 1.78 bits per heavy atom. The summed E-state index contributed by atoms with van der Waals surface area (Å²) in [4.78, 5) is 14.0. The molecule has 2 rings (SSSR count). The van der Waals surface area contributed by atoms with Gasteiger partial charge in [-0.05, 0) is 18.4 Å². The molecule has 0 aromatic carbocycles. The Balaban J connectivity index is 1.87. The Morgan fingerprint density at radius 3 is 3.33 bits per heavy atom. The minimum Gasteiger partial charge on any atom is -0.315 e. The largest absolute Gasteiger partial charge is 0.315 e. The molecule has 0 spiro atoms. The van der Waals surface area contributed by atoms with Crippen LogP contribution in [0.15, 0.2) is 11.4 Å². The van der Waals surface area contributed by atoms with Crippen LogP contribution < -0.4 is 10.6 Å². The van der Waals surface area contributed by atoms with E-state index in [0.717, 1.165) is 19.6 Å². The van der Waals surface area contributed by atoms with E-state index in [9.17, 15) is 4.79 Å². The highest BCUT2D eigenvalue weighted by Crippen LogP contribution is 2.21. The molecule has 2 N–H and O–H groups in total. The normalized spacial score (nSPS) is 20.3. The standard InChI is InChI=1S/C12H16N4OS/c1-9-7-16(4-3-14-9)8-11(17)15-12-10(6-13)2-5-18-12/h2,5,9,14H,3-4,7-8H2,1H3,(H,15,17)/t9-/m0/s1. The second-order valence-electron chi connectivity index (χ2n) is 4.41. The van der Waals surface area contributed by atoms with Crippen LogP contribution in [0.2, 0.25) is 0 Å². The molecule has 96 valence electrons. The van der Waals surface area contributed by atoms with Crippen molar-refractivity contribution in [2.24, 2.45) is 0 Å². The fraction of sp³-hybridized carbons (Fsp3) is 0.500. The maximum atomic E-state index is 11.9. The van der Waals surface area contributed by atoms with Gasteiger partial charge in [-0.15, -0.1) is 11.3 Å². The highest BCUT2D eigenvalue weighted by atomic mass is 32.1.